The molecule has 0 aliphatic carbocycles. The fraction of sp³-hybridized carbons (Fsp3) is 0.286. The molecule has 2 aromatic rings. The summed E-state index contributed by atoms with van der Waals surface area (Å²) in [6.45, 7) is 0. The molecule has 0 bridgehead atoms. The molecule has 0 radical (unpaired) electrons. The molecule has 2 rings (SSSR count). The second-order valence-electron chi connectivity index (χ2n) is 4.61. The third-order valence-electron chi connectivity index (χ3n) is 3.07. The van der Waals surface area contributed by atoms with Crippen LogP contribution in [0.1, 0.15) is 16.8 Å². The molecule has 0 aliphatic heterocycles. The lowest BCUT2D eigenvalue weighted by Crippen LogP contribution is -2.15. The highest BCUT2D eigenvalue weighted by Gasteiger charge is 2.38. The van der Waals surface area contributed by atoms with Gasteiger partial charge < -0.3 is 20.3 Å². The minimum Gasteiger partial charge on any atom is -0.506 e. The van der Waals surface area contributed by atoms with Crippen molar-refractivity contribution < 1.29 is 27.8 Å². The number of aromatic nitrogens is 2. The molecule has 6 nitrogen and oxygen atoms in total. The van der Waals surface area contributed by atoms with E-state index in [0.29, 0.717) is 5.56 Å². The van der Waals surface area contributed by atoms with Crippen molar-refractivity contribution in [2.45, 2.75) is 12.6 Å². The molecule has 0 aliphatic rings. The van der Waals surface area contributed by atoms with Gasteiger partial charge in [0.1, 0.15) is 5.75 Å². The zero-order chi connectivity index (χ0) is 17.2. The van der Waals surface area contributed by atoms with Gasteiger partial charge in [0, 0.05) is 12.0 Å². The molecule has 0 amide bonds. The van der Waals surface area contributed by atoms with Crippen LogP contribution >= 0.6 is 0 Å². The Bertz CT molecular complexity index is 720. The molecule has 9 heteroatoms. The number of hydrogen-bond donors (Lipinski definition) is 2. The summed E-state index contributed by atoms with van der Waals surface area (Å²) in [6.07, 6.45) is -4.88. The lowest BCUT2D eigenvalue weighted by Gasteiger charge is -2.16. The summed E-state index contributed by atoms with van der Waals surface area (Å²) in [6, 6.07) is 3.69. The lowest BCUT2D eigenvalue weighted by molar-refractivity contribution is -0.142. The number of nitrogens with zero attached hydrogens (tertiary/aromatic N) is 2. The van der Waals surface area contributed by atoms with Gasteiger partial charge in [-0.1, -0.05) is 6.07 Å². The van der Waals surface area contributed by atoms with E-state index in [1.165, 1.54) is 25.3 Å². The third kappa shape index (κ3) is 3.55. The van der Waals surface area contributed by atoms with E-state index in [1.807, 2.05) is 0 Å². The largest absolute Gasteiger partial charge is 0.506 e. The second-order valence-corrected chi connectivity index (χ2v) is 4.61. The number of nitrogens with two attached hydrogens (primary N) is 1. The predicted octanol–water partition coefficient (Wildman–Crippen LogP) is 2.39. The van der Waals surface area contributed by atoms with Crippen LogP contribution in [0.5, 0.6) is 17.6 Å². The number of benzene rings is 1. The Labute approximate surface area is 129 Å². The normalized spacial score (nSPS) is 11.3. The van der Waals surface area contributed by atoms with Crippen molar-refractivity contribution in [2.24, 2.45) is 0 Å². The van der Waals surface area contributed by atoms with Crippen LogP contribution in [0.3, 0.4) is 0 Å². The molecule has 0 atom stereocenters. The van der Waals surface area contributed by atoms with Crippen molar-refractivity contribution in [3.8, 4) is 17.6 Å². The van der Waals surface area contributed by atoms with Crippen molar-refractivity contribution in [1.82, 2.24) is 9.97 Å². The Kier molecular flexibility index (Phi) is 4.48. The summed E-state index contributed by atoms with van der Waals surface area (Å²) in [7, 11) is 2.37. The number of nitrogen functional groups attached to an aromatic ring is 1. The molecule has 0 unspecified atom stereocenters. The van der Waals surface area contributed by atoms with E-state index in [4.69, 9.17) is 10.5 Å². The zero-order valence-electron chi connectivity index (χ0n) is 12.3. The molecule has 0 fully saturated rings. The molecule has 23 heavy (non-hydrogen) atoms. The first-order valence-electron chi connectivity index (χ1n) is 6.39. The first-order valence-corrected chi connectivity index (χ1v) is 6.39. The van der Waals surface area contributed by atoms with E-state index in [0.717, 1.165) is 7.11 Å². The van der Waals surface area contributed by atoms with Crippen LogP contribution in [0.2, 0.25) is 0 Å². The summed E-state index contributed by atoms with van der Waals surface area (Å²) < 4.78 is 49.4. The smallest absolute Gasteiger partial charge is 0.434 e. The van der Waals surface area contributed by atoms with Crippen LogP contribution in [0.15, 0.2) is 18.2 Å². The number of ether oxygens (including phenoxy) is 2. The molecule has 0 saturated carbocycles. The monoisotopic (exact) mass is 329 g/mol. The maximum absolute atomic E-state index is 13.3. The highest BCUT2D eigenvalue weighted by atomic mass is 19.4. The van der Waals surface area contributed by atoms with Crippen molar-refractivity contribution in [3.05, 3.63) is 35.0 Å². The van der Waals surface area contributed by atoms with E-state index in [1.54, 1.807) is 0 Å². The molecule has 1 aromatic heterocycles. The summed E-state index contributed by atoms with van der Waals surface area (Å²) >= 11 is 0. The first-order chi connectivity index (χ1) is 10.8. The zero-order valence-corrected chi connectivity index (χ0v) is 12.3. The van der Waals surface area contributed by atoms with Gasteiger partial charge in [0.25, 0.3) is 0 Å². The number of anilines is 1. The lowest BCUT2D eigenvalue weighted by atomic mass is 10.0. The standard InChI is InChI=1S/C14H14F3N3O3/c1-22-12-8(5-7-3-4-10(21)9(18)6-7)11(14(15,16)17)19-13(20-12)23-2/h3-4,6,21H,5,18H2,1-2H3. The molecule has 124 valence electrons. The van der Waals surface area contributed by atoms with E-state index in [9.17, 15) is 18.3 Å². The average molecular weight is 329 g/mol. The molecular formula is C14H14F3N3O3. The molecule has 1 heterocycles. The van der Waals surface area contributed by atoms with Crippen LogP contribution in [0.4, 0.5) is 18.9 Å². The number of hydrogen-bond acceptors (Lipinski definition) is 6. The number of rotatable bonds is 4. The number of aromatic hydroxyl groups is 1. The third-order valence-corrected chi connectivity index (χ3v) is 3.07. The summed E-state index contributed by atoms with van der Waals surface area (Å²) in [5.41, 5.74) is 4.67. The number of halogens is 3. The minimum atomic E-state index is -4.71. The van der Waals surface area contributed by atoms with Gasteiger partial charge in [-0.2, -0.15) is 23.1 Å². The first kappa shape index (κ1) is 16.7. The second kappa shape index (κ2) is 6.19. The SMILES string of the molecule is COc1nc(OC)c(Cc2ccc(O)c(N)c2)c(C(F)(F)F)n1. The van der Waals surface area contributed by atoms with Crippen LogP contribution in [0, 0.1) is 0 Å². The molecule has 1 aromatic carbocycles. The van der Waals surface area contributed by atoms with Gasteiger partial charge in [-0.15, -0.1) is 0 Å². The Morgan fingerprint density at radius 1 is 1.17 bits per heavy atom. The summed E-state index contributed by atoms with van der Waals surface area (Å²) in [5.74, 6) is -0.390. The van der Waals surface area contributed by atoms with E-state index >= 15 is 0 Å². The highest BCUT2D eigenvalue weighted by molar-refractivity contribution is 5.54. The minimum absolute atomic E-state index is 0.0597. The predicted molar refractivity (Wildman–Crippen MR) is 75.5 cm³/mol. The van der Waals surface area contributed by atoms with Crippen LogP contribution in [-0.2, 0) is 12.6 Å². The van der Waals surface area contributed by atoms with E-state index in [-0.39, 0.29) is 29.3 Å². The van der Waals surface area contributed by atoms with Crippen molar-refractivity contribution in [1.29, 1.82) is 0 Å². The van der Waals surface area contributed by atoms with Crippen LogP contribution < -0.4 is 15.2 Å². The summed E-state index contributed by atoms with van der Waals surface area (Å²) in [4.78, 5) is 7.17. The molecule has 3 N–H and O–H groups in total. The van der Waals surface area contributed by atoms with Crippen LogP contribution in [-0.4, -0.2) is 29.3 Å². The Morgan fingerprint density at radius 3 is 2.39 bits per heavy atom. The summed E-state index contributed by atoms with van der Waals surface area (Å²) in [5, 5.41) is 9.39. The number of methoxy groups -OCH3 is 2. The highest BCUT2D eigenvalue weighted by Crippen LogP contribution is 2.36. The molecular weight excluding hydrogens is 315 g/mol. The Hall–Kier alpha value is -2.71. The average Bonchev–Trinajstić information content (AvgIpc) is 2.49. The number of phenols is 1. The Morgan fingerprint density at radius 2 is 1.87 bits per heavy atom. The number of alkyl halides is 3. The van der Waals surface area contributed by atoms with Gasteiger partial charge in [-0.25, -0.2) is 0 Å². The van der Waals surface area contributed by atoms with Crippen LogP contribution in [0.25, 0.3) is 0 Å². The van der Waals surface area contributed by atoms with E-state index < -0.39 is 17.9 Å². The van der Waals surface area contributed by atoms with Gasteiger partial charge in [0.05, 0.1) is 19.9 Å². The fourth-order valence-corrected chi connectivity index (χ4v) is 2.02. The van der Waals surface area contributed by atoms with Crippen molar-refractivity contribution in [2.75, 3.05) is 20.0 Å². The topological polar surface area (TPSA) is 90.5 Å². The van der Waals surface area contributed by atoms with E-state index in [2.05, 4.69) is 14.7 Å². The van der Waals surface area contributed by atoms with Gasteiger partial charge in [0.2, 0.25) is 5.88 Å². The molecule has 0 spiro atoms. The fourth-order valence-electron chi connectivity index (χ4n) is 2.02. The maximum atomic E-state index is 13.3. The van der Waals surface area contributed by atoms with Crippen molar-refractivity contribution in [3.63, 3.8) is 0 Å². The van der Waals surface area contributed by atoms with Gasteiger partial charge in [-0.05, 0) is 17.7 Å². The Balaban J connectivity index is 2.56. The van der Waals surface area contributed by atoms with Gasteiger partial charge in [-0.3, -0.25) is 0 Å². The number of phenolic OH excluding ortho intramolecular Hbond substituents is 1. The molecule has 0 saturated heterocycles. The van der Waals surface area contributed by atoms with Crippen molar-refractivity contribution >= 4 is 5.69 Å². The van der Waals surface area contributed by atoms with Gasteiger partial charge >= 0.3 is 12.2 Å². The quantitative estimate of drug-likeness (QED) is 0.661. The maximum Gasteiger partial charge on any atom is 0.434 e. The van der Waals surface area contributed by atoms with Gasteiger partial charge in [0.15, 0.2) is 5.69 Å².